The molecular formula is C30H18N4O10S. The van der Waals surface area contributed by atoms with E-state index >= 15 is 0 Å². The Balaban J connectivity index is 0.000000179. The number of diazo groups is 2. The average molecular weight is 627 g/mol. The number of hydrogen-bond donors (Lipinski definition) is 0. The molecule has 45 heavy (non-hydrogen) atoms. The summed E-state index contributed by atoms with van der Waals surface area (Å²) in [5, 5.41) is 18.0. The highest BCUT2D eigenvalue weighted by atomic mass is 32.3. The van der Waals surface area contributed by atoms with Crippen LogP contribution < -0.4 is 9.47 Å². The maximum atomic E-state index is 12.5. The zero-order chi connectivity index (χ0) is 33.1. The van der Waals surface area contributed by atoms with Crippen LogP contribution in [0, 0.1) is 10.8 Å². The molecule has 14 nitrogen and oxygen atoms in total. The Labute approximate surface area is 254 Å². The quantitative estimate of drug-likeness (QED) is 0.146. The second-order valence-corrected chi connectivity index (χ2v) is 9.91. The lowest BCUT2D eigenvalue weighted by molar-refractivity contribution is 0.0977. The van der Waals surface area contributed by atoms with E-state index in [-0.39, 0.29) is 79.0 Å². The predicted molar refractivity (Wildman–Crippen MR) is 153 cm³/mol. The van der Waals surface area contributed by atoms with Crippen LogP contribution in [0.4, 0.5) is 11.4 Å². The number of methoxy groups -OCH3 is 2. The van der Waals surface area contributed by atoms with Gasteiger partial charge in [0.15, 0.2) is 21.5 Å². The molecule has 2 aliphatic rings. The minimum absolute atomic E-state index is 0.0920. The number of carbonyl (C=O) groups excluding carboxylic acids is 4. The zero-order valence-electron chi connectivity index (χ0n) is 23.2. The molecule has 4 aromatic rings. The Morgan fingerprint density at radius 3 is 1.09 bits per heavy atom. The standard InChI is InChI=1S/2C15H9N2O3.H2O4S/c2*1-20-11-7-3-5-9-13(11)15(19)8-4-2-6-10(17-16)12(8)14(9)18;1-5(2,3)4/h2*2-7H,1H3;(H2,1,2,3,4)/q2*+1;/p-2. The summed E-state index contributed by atoms with van der Waals surface area (Å²) in [6.07, 6.45) is 0. The van der Waals surface area contributed by atoms with Crippen molar-refractivity contribution in [3.8, 4) is 11.5 Å². The number of ketones is 4. The molecule has 0 fully saturated rings. The van der Waals surface area contributed by atoms with Gasteiger partial charge in [0.2, 0.25) is 22.4 Å². The Hall–Kier alpha value is -6.13. The molecular weight excluding hydrogens is 608 g/mol. The SMILES string of the molecule is COc1cccc2c1C(=O)c1cccc([N+]#N)c1C2=O.COc1cccc2c1C(=O)c1cccc([N+]#N)c1C2=O.O=S(=O)([O-])[O-]. The maximum absolute atomic E-state index is 12.5. The van der Waals surface area contributed by atoms with Crippen molar-refractivity contribution in [2.45, 2.75) is 0 Å². The fraction of sp³-hybridized carbons (Fsp3) is 0.0667. The van der Waals surface area contributed by atoms with E-state index in [9.17, 15) is 19.2 Å². The summed E-state index contributed by atoms with van der Waals surface area (Å²) in [4.78, 5) is 56.3. The van der Waals surface area contributed by atoms with E-state index in [0.29, 0.717) is 11.5 Å². The van der Waals surface area contributed by atoms with E-state index in [4.69, 9.17) is 37.8 Å². The number of benzene rings is 4. The molecule has 0 aliphatic heterocycles. The Bertz CT molecular complexity index is 1980. The van der Waals surface area contributed by atoms with Gasteiger partial charge in [0.25, 0.3) is 0 Å². The second kappa shape index (κ2) is 12.6. The first-order chi connectivity index (χ1) is 21.4. The third-order valence-electron chi connectivity index (χ3n) is 6.68. The molecule has 0 unspecified atom stereocenters. The van der Waals surface area contributed by atoms with Crippen molar-refractivity contribution >= 4 is 44.9 Å². The summed E-state index contributed by atoms with van der Waals surface area (Å²) in [5.41, 5.74) is 1.91. The van der Waals surface area contributed by atoms with E-state index in [1.54, 1.807) is 60.7 Å². The molecule has 0 amide bonds. The summed E-state index contributed by atoms with van der Waals surface area (Å²) in [5.74, 6) is -0.588. The first-order valence-electron chi connectivity index (χ1n) is 12.5. The Kier molecular flexibility index (Phi) is 8.92. The lowest BCUT2D eigenvalue weighted by Gasteiger charge is -2.17. The van der Waals surface area contributed by atoms with E-state index in [2.05, 4.69) is 9.95 Å². The van der Waals surface area contributed by atoms with Crippen LogP contribution in [-0.2, 0) is 10.4 Å². The lowest BCUT2D eigenvalue weighted by atomic mass is 9.83. The van der Waals surface area contributed by atoms with Gasteiger partial charge >= 0.3 is 11.4 Å². The van der Waals surface area contributed by atoms with Crippen LogP contribution in [0.5, 0.6) is 11.5 Å². The van der Waals surface area contributed by atoms with Gasteiger partial charge in [0.05, 0.1) is 25.3 Å². The van der Waals surface area contributed by atoms with Gasteiger partial charge in [-0.3, -0.25) is 27.6 Å². The Morgan fingerprint density at radius 1 is 0.533 bits per heavy atom. The molecule has 0 bridgehead atoms. The van der Waals surface area contributed by atoms with Gasteiger partial charge in [-0.15, -0.1) is 0 Å². The van der Waals surface area contributed by atoms with Crippen LogP contribution >= 0.6 is 0 Å². The number of ether oxygens (including phenoxy) is 2. The molecule has 15 heteroatoms. The third kappa shape index (κ3) is 6.03. The van der Waals surface area contributed by atoms with E-state index in [1.165, 1.54) is 26.4 Å². The van der Waals surface area contributed by atoms with Gasteiger partial charge in [0, 0.05) is 44.8 Å². The van der Waals surface area contributed by atoms with Crippen LogP contribution in [0.2, 0.25) is 0 Å². The molecule has 0 spiro atoms. The summed E-state index contributed by atoms with van der Waals surface area (Å²) in [6.45, 7) is 0. The normalized spacial score (nSPS) is 12.3. The largest absolute Gasteiger partial charge is 0.759 e. The van der Waals surface area contributed by atoms with Crippen LogP contribution in [0.15, 0.2) is 72.8 Å². The van der Waals surface area contributed by atoms with Crippen molar-refractivity contribution in [2.24, 2.45) is 0 Å². The van der Waals surface area contributed by atoms with Gasteiger partial charge < -0.3 is 18.6 Å². The Morgan fingerprint density at radius 2 is 0.800 bits per heavy atom. The van der Waals surface area contributed by atoms with E-state index in [1.807, 2.05) is 0 Å². The number of carbonyl (C=O) groups is 4. The second-order valence-electron chi connectivity index (χ2n) is 9.09. The highest BCUT2D eigenvalue weighted by Gasteiger charge is 2.38. The monoisotopic (exact) mass is 626 g/mol. The maximum Gasteiger partial charge on any atom is 0.396 e. The van der Waals surface area contributed by atoms with Crippen LogP contribution in [0.1, 0.15) is 63.7 Å². The fourth-order valence-corrected chi connectivity index (χ4v) is 4.89. The van der Waals surface area contributed by atoms with Crippen LogP contribution in [0.3, 0.4) is 0 Å². The minimum Gasteiger partial charge on any atom is -0.759 e. The van der Waals surface area contributed by atoms with Crippen LogP contribution in [0.25, 0.3) is 9.95 Å². The van der Waals surface area contributed by atoms with Crippen molar-refractivity contribution in [2.75, 3.05) is 14.2 Å². The van der Waals surface area contributed by atoms with Crippen molar-refractivity contribution in [1.29, 1.82) is 10.8 Å². The smallest absolute Gasteiger partial charge is 0.396 e. The topological polar surface area (TPSA) is 223 Å². The molecule has 0 heterocycles. The first kappa shape index (κ1) is 31.8. The molecule has 0 aromatic heterocycles. The van der Waals surface area contributed by atoms with Crippen molar-refractivity contribution < 1.29 is 46.2 Å². The number of hydrogen-bond acceptors (Lipinski definition) is 12. The first-order valence-corrected chi connectivity index (χ1v) is 13.9. The number of nitrogens with zero attached hydrogens (tertiary/aromatic N) is 4. The zero-order valence-corrected chi connectivity index (χ0v) is 24.0. The van der Waals surface area contributed by atoms with E-state index in [0.717, 1.165) is 0 Å². The van der Waals surface area contributed by atoms with Crippen LogP contribution in [-0.4, -0.2) is 54.9 Å². The summed E-state index contributed by atoms with van der Waals surface area (Å²) in [7, 11) is -2.27. The van der Waals surface area contributed by atoms with Crippen molar-refractivity contribution in [1.82, 2.24) is 0 Å². The molecule has 2 aliphatic carbocycles. The average Bonchev–Trinajstić information content (AvgIpc) is 3.04. The van der Waals surface area contributed by atoms with Gasteiger partial charge in [-0.05, 0) is 24.3 Å². The summed E-state index contributed by atoms with van der Waals surface area (Å²) >= 11 is 0. The predicted octanol–water partition coefficient (Wildman–Crippen LogP) is 4.57. The van der Waals surface area contributed by atoms with Gasteiger partial charge in [0.1, 0.15) is 22.6 Å². The van der Waals surface area contributed by atoms with Gasteiger partial charge in [-0.25, -0.2) is 0 Å². The summed E-state index contributed by atoms with van der Waals surface area (Å²) < 4.78 is 44.4. The van der Waals surface area contributed by atoms with Crippen molar-refractivity contribution in [3.05, 3.63) is 127 Å². The number of fused-ring (bicyclic) bond motifs is 4. The lowest BCUT2D eigenvalue weighted by Crippen LogP contribution is -2.21. The molecule has 6 rings (SSSR count). The highest BCUT2D eigenvalue weighted by Crippen LogP contribution is 2.38. The molecule has 224 valence electrons. The number of rotatable bonds is 2. The van der Waals surface area contributed by atoms with E-state index < -0.39 is 10.4 Å². The van der Waals surface area contributed by atoms with Gasteiger partial charge in [-0.2, -0.15) is 0 Å². The third-order valence-corrected chi connectivity index (χ3v) is 6.68. The molecule has 0 saturated heterocycles. The molecule has 0 radical (unpaired) electrons. The molecule has 0 saturated carbocycles. The molecule has 0 atom stereocenters. The summed E-state index contributed by atoms with van der Waals surface area (Å²) in [6, 6.07) is 18.9. The fourth-order valence-electron chi connectivity index (χ4n) is 4.89. The van der Waals surface area contributed by atoms with Gasteiger partial charge in [-0.1, -0.05) is 36.4 Å². The van der Waals surface area contributed by atoms with Crippen molar-refractivity contribution in [3.63, 3.8) is 0 Å². The minimum atomic E-state index is -5.17. The molecule has 0 N–H and O–H groups in total. The highest BCUT2D eigenvalue weighted by molar-refractivity contribution is 7.79. The molecule has 4 aromatic carbocycles.